The standard InChI is InChI=1S/C24H17FN4O5S2/c25-15-5-3-13(8-17(15)29(33)34)26-19(30)10-35-24-27-16-6-4-14(9-18(16)36-24)28-22(31)20-11-1-2-12(7-11)21(20)23(28)32/h1-6,8-9,11-12,20-21H,7,10H2,(H,26,30)/t11-,12-,20-,21+/m0/s1. The first kappa shape index (κ1) is 22.8. The van der Waals surface area contributed by atoms with E-state index in [1.165, 1.54) is 34.1 Å². The van der Waals surface area contributed by atoms with Crippen LogP contribution in [0.15, 0.2) is 52.9 Å². The third-order valence-corrected chi connectivity index (χ3v) is 9.00. The molecule has 6 rings (SSSR count). The summed E-state index contributed by atoms with van der Waals surface area (Å²) in [4.78, 5) is 54.3. The molecular formula is C24H17FN4O5S2. The molecule has 0 radical (unpaired) electrons. The number of nitro benzene ring substituents is 1. The van der Waals surface area contributed by atoms with E-state index in [1.54, 1.807) is 18.2 Å². The molecule has 4 atom stereocenters. The van der Waals surface area contributed by atoms with Crippen LogP contribution in [0.1, 0.15) is 6.42 Å². The van der Waals surface area contributed by atoms with E-state index >= 15 is 0 Å². The molecule has 9 nitrogen and oxygen atoms in total. The second kappa shape index (κ2) is 8.49. The second-order valence-electron chi connectivity index (χ2n) is 8.90. The van der Waals surface area contributed by atoms with E-state index in [1.807, 2.05) is 0 Å². The molecular weight excluding hydrogens is 507 g/mol. The molecule has 3 aliphatic rings. The highest BCUT2D eigenvalue weighted by Gasteiger charge is 2.59. The molecule has 1 aliphatic heterocycles. The molecule has 2 aromatic carbocycles. The van der Waals surface area contributed by atoms with Gasteiger partial charge in [-0.25, -0.2) is 9.88 Å². The van der Waals surface area contributed by atoms with Crippen LogP contribution in [0.4, 0.5) is 21.5 Å². The third-order valence-electron chi connectivity index (χ3n) is 6.83. The molecule has 1 saturated carbocycles. The SMILES string of the molecule is O=C(CSc1nc2ccc(N3C(=O)[C@@H]4[C@H](C3=O)[C@H]3C=C[C@H]4C3)cc2s1)Nc1ccc(F)c([N+](=O)[O-])c1. The average Bonchev–Trinajstić information content (AvgIpc) is 3.61. The van der Waals surface area contributed by atoms with Crippen LogP contribution in [-0.2, 0) is 14.4 Å². The highest BCUT2D eigenvalue weighted by molar-refractivity contribution is 8.01. The largest absolute Gasteiger partial charge is 0.325 e. The summed E-state index contributed by atoms with van der Waals surface area (Å²) in [6.07, 6.45) is 4.99. The lowest BCUT2D eigenvalue weighted by atomic mass is 9.85. The Kier molecular flexibility index (Phi) is 5.38. The number of imide groups is 1. The topological polar surface area (TPSA) is 123 Å². The van der Waals surface area contributed by atoms with Crippen molar-refractivity contribution in [1.82, 2.24) is 4.98 Å². The molecule has 2 aliphatic carbocycles. The van der Waals surface area contributed by atoms with Gasteiger partial charge in [-0.05, 0) is 48.6 Å². The van der Waals surface area contributed by atoms with Gasteiger partial charge in [0.1, 0.15) is 0 Å². The summed E-state index contributed by atoms with van der Waals surface area (Å²) >= 11 is 2.52. The maximum atomic E-state index is 13.5. The predicted octanol–water partition coefficient (Wildman–Crippen LogP) is 4.39. The highest BCUT2D eigenvalue weighted by Crippen LogP contribution is 2.53. The number of rotatable bonds is 6. The van der Waals surface area contributed by atoms with Crippen molar-refractivity contribution < 1.29 is 23.7 Å². The van der Waals surface area contributed by atoms with Gasteiger partial charge >= 0.3 is 5.69 Å². The third kappa shape index (κ3) is 3.68. The molecule has 182 valence electrons. The normalized spacial score (nSPS) is 24.1. The zero-order valence-electron chi connectivity index (χ0n) is 18.4. The number of benzene rings is 2. The lowest BCUT2D eigenvalue weighted by Crippen LogP contribution is -2.32. The van der Waals surface area contributed by atoms with E-state index < -0.39 is 22.3 Å². The molecule has 2 heterocycles. The lowest BCUT2D eigenvalue weighted by molar-refractivity contribution is -0.387. The highest BCUT2D eigenvalue weighted by atomic mass is 32.2. The summed E-state index contributed by atoms with van der Waals surface area (Å²) in [6.45, 7) is 0. The number of thiazole rings is 1. The number of thioether (sulfide) groups is 1. The van der Waals surface area contributed by atoms with E-state index in [2.05, 4.69) is 22.5 Å². The molecule has 1 N–H and O–H groups in total. The Morgan fingerprint density at radius 1 is 1.17 bits per heavy atom. The molecule has 36 heavy (non-hydrogen) atoms. The number of nitrogens with one attached hydrogen (secondary N) is 1. The van der Waals surface area contributed by atoms with Gasteiger partial charge < -0.3 is 5.32 Å². The van der Waals surface area contributed by atoms with Crippen molar-refractivity contribution >= 4 is 68.1 Å². The van der Waals surface area contributed by atoms with Crippen LogP contribution in [0.25, 0.3) is 10.2 Å². The first-order valence-electron chi connectivity index (χ1n) is 11.1. The smallest absolute Gasteiger partial charge is 0.306 e. The van der Waals surface area contributed by atoms with Crippen molar-refractivity contribution in [3.63, 3.8) is 0 Å². The zero-order valence-corrected chi connectivity index (χ0v) is 20.1. The summed E-state index contributed by atoms with van der Waals surface area (Å²) in [5, 5.41) is 13.4. The molecule has 3 aromatic rings. The molecule has 0 spiro atoms. The van der Waals surface area contributed by atoms with Gasteiger partial charge in [0, 0.05) is 11.8 Å². The minimum Gasteiger partial charge on any atom is -0.325 e. The number of nitrogens with zero attached hydrogens (tertiary/aromatic N) is 3. The monoisotopic (exact) mass is 524 g/mol. The predicted molar refractivity (Wildman–Crippen MR) is 132 cm³/mol. The van der Waals surface area contributed by atoms with Crippen molar-refractivity contribution in [2.75, 3.05) is 16.0 Å². The minimum absolute atomic E-state index is 0.0138. The number of nitro groups is 1. The number of carbonyl (C=O) groups excluding carboxylic acids is 3. The van der Waals surface area contributed by atoms with Crippen molar-refractivity contribution in [2.24, 2.45) is 23.7 Å². The molecule has 3 amide bonds. The molecule has 1 saturated heterocycles. The van der Waals surface area contributed by atoms with Gasteiger partial charge in [-0.15, -0.1) is 11.3 Å². The van der Waals surface area contributed by atoms with Crippen molar-refractivity contribution in [1.29, 1.82) is 0 Å². The van der Waals surface area contributed by atoms with Gasteiger partial charge in [-0.3, -0.25) is 24.5 Å². The van der Waals surface area contributed by atoms with E-state index in [0.717, 1.165) is 23.3 Å². The zero-order chi connectivity index (χ0) is 25.1. The number of amides is 3. The fourth-order valence-electron chi connectivity index (χ4n) is 5.30. The fraction of sp³-hybridized carbons (Fsp3) is 0.250. The number of aromatic nitrogens is 1. The van der Waals surface area contributed by atoms with Crippen LogP contribution in [0.2, 0.25) is 0 Å². The van der Waals surface area contributed by atoms with Gasteiger partial charge in [0.15, 0.2) is 4.34 Å². The van der Waals surface area contributed by atoms with E-state index in [0.29, 0.717) is 15.5 Å². The van der Waals surface area contributed by atoms with Gasteiger partial charge in [0.2, 0.25) is 23.5 Å². The van der Waals surface area contributed by atoms with Crippen LogP contribution in [0.5, 0.6) is 0 Å². The van der Waals surface area contributed by atoms with Gasteiger partial charge in [0.05, 0.1) is 38.4 Å². The van der Waals surface area contributed by atoms with Gasteiger partial charge in [-0.2, -0.15) is 4.39 Å². The number of anilines is 2. The molecule has 2 bridgehead atoms. The first-order valence-corrected chi connectivity index (χ1v) is 12.9. The number of halogens is 1. The second-order valence-corrected chi connectivity index (χ2v) is 11.2. The molecule has 2 fully saturated rings. The molecule has 0 unspecified atom stereocenters. The van der Waals surface area contributed by atoms with Crippen LogP contribution in [-0.4, -0.2) is 33.4 Å². The van der Waals surface area contributed by atoms with E-state index in [9.17, 15) is 28.9 Å². The summed E-state index contributed by atoms with van der Waals surface area (Å²) in [6, 6.07) is 8.40. The molecule has 12 heteroatoms. The maximum absolute atomic E-state index is 13.5. The minimum atomic E-state index is -0.981. The van der Waals surface area contributed by atoms with Crippen LogP contribution in [0.3, 0.4) is 0 Å². The quantitative estimate of drug-likeness (QED) is 0.167. The summed E-state index contributed by atoms with van der Waals surface area (Å²) < 4.78 is 14.9. The first-order chi connectivity index (χ1) is 17.3. The molecule has 1 aromatic heterocycles. The van der Waals surface area contributed by atoms with Crippen molar-refractivity contribution in [3.05, 3.63) is 64.5 Å². The number of fused-ring (bicyclic) bond motifs is 6. The summed E-state index contributed by atoms with van der Waals surface area (Å²) in [5.74, 6) is -1.95. The Bertz CT molecular complexity index is 1470. The van der Waals surface area contributed by atoms with Crippen LogP contribution in [0, 0.1) is 39.6 Å². The maximum Gasteiger partial charge on any atom is 0.306 e. The summed E-state index contributed by atoms with van der Waals surface area (Å²) in [5.41, 5.74) is 0.616. The summed E-state index contributed by atoms with van der Waals surface area (Å²) in [7, 11) is 0. The fourth-order valence-corrected chi connectivity index (χ4v) is 7.21. The Morgan fingerprint density at radius 3 is 2.58 bits per heavy atom. The van der Waals surface area contributed by atoms with E-state index in [-0.39, 0.29) is 46.9 Å². The Labute approximate surface area is 211 Å². The Balaban J connectivity index is 1.14. The van der Waals surface area contributed by atoms with Gasteiger partial charge in [-0.1, -0.05) is 23.9 Å². The number of carbonyl (C=O) groups is 3. The number of allylic oxidation sites excluding steroid dienone is 2. The van der Waals surface area contributed by atoms with Crippen molar-refractivity contribution in [3.8, 4) is 0 Å². The number of hydrogen-bond donors (Lipinski definition) is 1. The van der Waals surface area contributed by atoms with E-state index in [4.69, 9.17) is 0 Å². The Morgan fingerprint density at radius 2 is 1.89 bits per heavy atom. The van der Waals surface area contributed by atoms with Crippen LogP contribution < -0.4 is 10.2 Å². The lowest BCUT2D eigenvalue weighted by Gasteiger charge is -2.17. The average molecular weight is 525 g/mol. The Hall–Kier alpha value is -3.64. The van der Waals surface area contributed by atoms with Crippen molar-refractivity contribution in [2.45, 2.75) is 10.8 Å². The number of hydrogen-bond acceptors (Lipinski definition) is 8. The van der Waals surface area contributed by atoms with Gasteiger partial charge in [0.25, 0.3) is 0 Å². The van der Waals surface area contributed by atoms with Crippen LogP contribution >= 0.6 is 23.1 Å².